The van der Waals surface area contributed by atoms with E-state index in [4.69, 9.17) is 28.3 Å². The van der Waals surface area contributed by atoms with Crippen LogP contribution in [0.3, 0.4) is 0 Å². The molecule has 118 valence electrons. The van der Waals surface area contributed by atoms with Gasteiger partial charge in [0.1, 0.15) is 15.6 Å². The van der Waals surface area contributed by atoms with Crippen molar-refractivity contribution in [1.82, 2.24) is 0 Å². The van der Waals surface area contributed by atoms with E-state index in [2.05, 4.69) is 0 Å². The van der Waals surface area contributed by atoms with Gasteiger partial charge in [-0.3, -0.25) is 8.51 Å². The summed E-state index contributed by atoms with van der Waals surface area (Å²) in [5, 5.41) is 18.6. The van der Waals surface area contributed by atoms with Crippen LogP contribution in [0.5, 0.6) is 5.75 Å². The molecule has 0 saturated carbocycles. The van der Waals surface area contributed by atoms with E-state index in [-0.39, 0.29) is 21.3 Å². The van der Waals surface area contributed by atoms with Gasteiger partial charge in [-0.2, -0.15) is 0 Å². The van der Waals surface area contributed by atoms with Gasteiger partial charge in [0.25, 0.3) is 0 Å². The van der Waals surface area contributed by atoms with Gasteiger partial charge in [-0.25, -0.2) is 4.79 Å². The first-order valence-corrected chi connectivity index (χ1v) is 8.24. The molecule has 22 heavy (non-hydrogen) atoms. The molecule has 0 spiro atoms. The number of phenols is 1. The topological polar surface area (TPSA) is 101 Å². The highest BCUT2D eigenvalue weighted by Gasteiger charge is 2.22. The minimum atomic E-state index is -2.75. The lowest BCUT2D eigenvalue weighted by Gasteiger charge is -2.27. The van der Waals surface area contributed by atoms with Crippen LogP contribution in [0.2, 0.25) is 8.67 Å². The molecule has 6 nitrogen and oxygen atoms in total. The summed E-state index contributed by atoms with van der Waals surface area (Å²) in [7, 11) is 0. The van der Waals surface area contributed by atoms with Crippen molar-refractivity contribution in [2.75, 3.05) is 4.31 Å². The van der Waals surface area contributed by atoms with Gasteiger partial charge in [0.15, 0.2) is 0 Å². The molecular formula is C12H8Cl2NO5S2-. The molecule has 1 unspecified atom stereocenters. The van der Waals surface area contributed by atoms with E-state index in [1.165, 1.54) is 6.07 Å². The van der Waals surface area contributed by atoms with Crippen molar-refractivity contribution in [3.05, 3.63) is 38.0 Å². The molecule has 0 fully saturated rings. The maximum absolute atomic E-state index is 11.6. The third kappa shape index (κ3) is 3.06. The van der Waals surface area contributed by atoms with E-state index < -0.39 is 23.0 Å². The maximum atomic E-state index is 11.6. The largest absolute Gasteiger partial charge is 0.755 e. The number of carbonyl (C=O) groups is 1. The lowest BCUT2D eigenvalue weighted by atomic mass is 10.1. The predicted molar refractivity (Wildman–Crippen MR) is 85.2 cm³/mol. The van der Waals surface area contributed by atoms with Crippen LogP contribution < -0.4 is 4.31 Å². The number of carboxylic acid groups (broad SMARTS) is 1. The molecular weight excluding hydrogens is 373 g/mol. The van der Waals surface area contributed by atoms with E-state index in [1.807, 2.05) is 0 Å². The zero-order chi connectivity index (χ0) is 16.6. The van der Waals surface area contributed by atoms with Crippen LogP contribution in [0, 0.1) is 6.92 Å². The zero-order valence-electron chi connectivity index (χ0n) is 10.9. The summed E-state index contributed by atoms with van der Waals surface area (Å²) < 4.78 is 24.5. The van der Waals surface area contributed by atoms with Crippen molar-refractivity contribution in [2.45, 2.75) is 6.92 Å². The number of aromatic carboxylic acids is 1. The summed E-state index contributed by atoms with van der Waals surface area (Å²) in [5.74, 6) is -1.89. The number of thiophene rings is 1. The predicted octanol–water partition coefficient (Wildman–Crippen LogP) is 3.70. The Kier molecular flexibility index (Phi) is 4.98. The minimum absolute atomic E-state index is 0.0373. The van der Waals surface area contributed by atoms with E-state index in [0.717, 1.165) is 27.8 Å². The summed E-state index contributed by atoms with van der Waals surface area (Å²) >= 11 is 10.2. The molecule has 0 radical (unpaired) electrons. The fraction of sp³-hybridized carbons (Fsp3) is 0.0833. The van der Waals surface area contributed by atoms with Crippen LogP contribution in [0.4, 0.5) is 11.4 Å². The van der Waals surface area contributed by atoms with Gasteiger partial charge < -0.3 is 14.8 Å². The molecule has 1 heterocycles. The van der Waals surface area contributed by atoms with Crippen molar-refractivity contribution >= 4 is 63.1 Å². The number of benzene rings is 1. The molecule has 0 aliphatic carbocycles. The first-order valence-electron chi connectivity index (χ1n) is 5.64. The Bertz CT molecular complexity index is 777. The van der Waals surface area contributed by atoms with E-state index in [1.54, 1.807) is 6.92 Å². The highest BCUT2D eigenvalue weighted by atomic mass is 35.5. The third-order valence-electron chi connectivity index (χ3n) is 2.81. The Morgan fingerprint density at radius 3 is 2.41 bits per heavy atom. The number of aromatic hydroxyl groups is 1. The summed E-state index contributed by atoms with van der Waals surface area (Å²) in [6.45, 7) is 1.60. The molecule has 1 aromatic carbocycles. The summed E-state index contributed by atoms with van der Waals surface area (Å²) in [6.07, 6.45) is 0. The Morgan fingerprint density at radius 2 is 2.00 bits per heavy atom. The molecule has 1 atom stereocenters. The van der Waals surface area contributed by atoms with Gasteiger partial charge in [-0.05, 0) is 19.1 Å². The summed E-state index contributed by atoms with van der Waals surface area (Å²) in [5.41, 5.74) is 0.317. The molecule has 0 amide bonds. The molecule has 10 heteroatoms. The second-order valence-electron chi connectivity index (χ2n) is 4.14. The van der Waals surface area contributed by atoms with Crippen molar-refractivity contribution in [2.24, 2.45) is 0 Å². The second-order valence-corrected chi connectivity index (χ2v) is 7.17. The Hall–Kier alpha value is -1.32. The van der Waals surface area contributed by atoms with Crippen LogP contribution in [0.25, 0.3) is 0 Å². The molecule has 2 aromatic rings. The number of hydrogen-bond donors (Lipinski definition) is 2. The van der Waals surface area contributed by atoms with Gasteiger partial charge in [-0.15, -0.1) is 11.3 Å². The highest BCUT2D eigenvalue weighted by Crippen LogP contribution is 2.45. The number of carboxylic acids is 1. The van der Waals surface area contributed by atoms with Crippen LogP contribution in [-0.2, 0) is 11.3 Å². The Morgan fingerprint density at radius 1 is 1.36 bits per heavy atom. The quantitative estimate of drug-likeness (QED) is 0.787. The molecule has 0 bridgehead atoms. The number of anilines is 2. The summed E-state index contributed by atoms with van der Waals surface area (Å²) in [6, 6.07) is 3.38. The van der Waals surface area contributed by atoms with E-state index in [0.29, 0.717) is 9.90 Å². The SMILES string of the molecule is Cc1c(Cl)sc(Cl)c1N(c1ccc(C(=O)O)c(O)c1)S(=O)[O-]. The van der Waals surface area contributed by atoms with Crippen molar-refractivity contribution < 1.29 is 23.8 Å². The van der Waals surface area contributed by atoms with Crippen molar-refractivity contribution in [3.8, 4) is 5.75 Å². The standard InChI is InChI=1S/C12H9Cl2NO5S2/c1-5-9(11(14)21-10(5)13)15(22(19)20)6-2-3-7(12(17)18)8(16)4-6/h2-4,16H,1H3,(H,17,18)(H,19,20)/p-1. The lowest BCUT2D eigenvalue weighted by molar-refractivity contribution is 0.0694. The third-order valence-corrected chi connectivity index (χ3v) is 5.29. The van der Waals surface area contributed by atoms with Crippen LogP contribution in [0.1, 0.15) is 15.9 Å². The first kappa shape index (κ1) is 17.0. The molecule has 2 N–H and O–H groups in total. The molecule has 0 saturated heterocycles. The fourth-order valence-electron chi connectivity index (χ4n) is 1.79. The molecule has 0 aliphatic heterocycles. The molecule has 0 aliphatic rings. The zero-order valence-corrected chi connectivity index (χ0v) is 14.0. The number of rotatable bonds is 4. The normalized spacial score (nSPS) is 12.2. The van der Waals surface area contributed by atoms with Gasteiger partial charge >= 0.3 is 5.97 Å². The van der Waals surface area contributed by atoms with Gasteiger partial charge in [0.2, 0.25) is 0 Å². The fourth-order valence-corrected chi connectivity index (χ4v) is 4.21. The van der Waals surface area contributed by atoms with E-state index >= 15 is 0 Å². The Balaban J connectivity index is 2.61. The van der Waals surface area contributed by atoms with Crippen molar-refractivity contribution in [3.63, 3.8) is 0 Å². The van der Waals surface area contributed by atoms with Gasteiger partial charge in [0, 0.05) is 11.6 Å². The van der Waals surface area contributed by atoms with Crippen LogP contribution in [0.15, 0.2) is 18.2 Å². The summed E-state index contributed by atoms with van der Waals surface area (Å²) in [4.78, 5) is 10.9. The monoisotopic (exact) mass is 380 g/mol. The second kappa shape index (κ2) is 6.43. The van der Waals surface area contributed by atoms with Gasteiger partial charge in [-0.1, -0.05) is 23.2 Å². The average molecular weight is 381 g/mol. The highest BCUT2D eigenvalue weighted by molar-refractivity contribution is 7.81. The van der Waals surface area contributed by atoms with Crippen molar-refractivity contribution in [1.29, 1.82) is 0 Å². The Labute approximate surface area is 141 Å². The lowest BCUT2D eigenvalue weighted by Crippen LogP contribution is -2.20. The number of nitrogens with zero attached hydrogens (tertiary/aromatic N) is 1. The molecule has 1 aromatic heterocycles. The molecule has 2 rings (SSSR count). The van der Waals surface area contributed by atoms with Gasteiger partial charge in [0.05, 0.1) is 27.0 Å². The first-order chi connectivity index (χ1) is 10.2. The number of hydrogen-bond acceptors (Lipinski definition) is 5. The number of halogens is 2. The van der Waals surface area contributed by atoms with E-state index in [9.17, 15) is 18.7 Å². The smallest absolute Gasteiger partial charge is 0.339 e. The average Bonchev–Trinajstić information content (AvgIpc) is 2.65. The van der Waals surface area contributed by atoms with Crippen LogP contribution in [-0.4, -0.2) is 24.9 Å². The minimum Gasteiger partial charge on any atom is -0.755 e. The van der Waals surface area contributed by atoms with Crippen LogP contribution >= 0.6 is 34.5 Å². The maximum Gasteiger partial charge on any atom is 0.339 e.